The second-order valence-electron chi connectivity index (χ2n) is 5.86. The third-order valence-electron chi connectivity index (χ3n) is 3.61. The molecule has 7 nitrogen and oxygen atoms in total. The van der Waals surface area contributed by atoms with Crippen LogP contribution in [0.15, 0.2) is 29.2 Å². The smallest absolute Gasteiger partial charge is 0.266 e. The maximum atomic E-state index is 12.5. The quantitative estimate of drug-likeness (QED) is 0.546. The molecule has 1 fully saturated rings. The second kappa shape index (κ2) is 8.33. The van der Waals surface area contributed by atoms with Crippen molar-refractivity contribution in [3.05, 3.63) is 34.7 Å². The molecule has 2 amide bonds. The number of aliphatic carboxylic acids is 1. The topological polar surface area (TPSA) is 92.8 Å². The zero-order chi connectivity index (χ0) is 19.4. The van der Waals surface area contributed by atoms with Crippen molar-refractivity contribution in [1.29, 1.82) is 0 Å². The number of carboxylic acid groups (broad SMARTS) is 1. The number of thiocarbonyl (C=S) groups is 1. The van der Waals surface area contributed by atoms with E-state index in [0.29, 0.717) is 4.91 Å². The van der Waals surface area contributed by atoms with Gasteiger partial charge in [-0.25, -0.2) is 0 Å². The number of hydrogen-bond donors (Lipinski definition) is 1. The van der Waals surface area contributed by atoms with Crippen molar-refractivity contribution >= 4 is 57.8 Å². The molecule has 1 aliphatic heterocycles. The molecule has 0 spiro atoms. The van der Waals surface area contributed by atoms with Crippen LogP contribution in [0.4, 0.5) is 5.69 Å². The lowest BCUT2D eigenvalue weighted by molar-refractivity contribution is -0.307. The van der Waals surface area contributed by atoms with Crippen LogP contribution in [-0.2, 0) is 14.4 Å². The van der Waals surface area contributed by atoms with Crippen molar-refractivity contribution in [1.82, 2.24) is 10.2 Å². The predicted molar refractivity (Wildman–Crippen MR) is 103 cm³/mol. The van der Waals surface area contributed by atoms with E-state index < -0.39 is 17.9 Å². The molecule has 1 aromatic carbocycles. The van der Waals surface area contributed by atoms with E-state index in [4.69, 9.17) is 12.2 Å². The molecule has 0 aliphatic carbocycles. The number of anilines is 1. The van der Waals surface area contributed by atoms with Crippen LogP contribution in [0.1, 0.15) is 12.5 Å². The van der Waals surface area contributed by atoms with Gasteiger partial charge in [0, 0.05) is 19.8 Å². The third-order valence-corrected chi connectivity index (χ3v) is 4.99. The molecule has 9 heteroatoms. The number of carbonyl (C=O) groups excluding carboxylic acids is 3. The van der Waals surface area contributed by atoms with Crippen LogP contribution in [0.2, 0.25) is 0 Å². The van der Waals surface area contributed by atoms with Crippen LogP contribution >= 0.6 is 24.0 Å². The Labute approximate surface area is 161 Å². The minimum Gasteiger partial charge on any atom is -0.548 e. The molecule has 1 heterocycles. The van der Waals surface area contributed by atoms with E-state index in [9.17, 15) is 19.5 Å². The minimum absolute atomic E-state index is 0.252. The first-order valence-electron chi connectivity index (χ1n) is 7.72. The Hall–Kier alpha value is -2.39. The molecule has 0 unspecified atom stereocenters. The second-order valence-corrected chi connectivity index (χ2v) is 7.54. The number of nitrogens with zero attached hydrogens (tertiary/aromatic N) is 2. The van der Waals surface area contributed by atoms with Crippen molar-refractivity contribution < 1.29 is 19.5 Å². The Kier molecular flexibility index (Phi) is 6.38. The van der Waals surface area contributed by atoms with Gasteiger partial charge in [0.25, 0.3) is 5.91 Å². The number of thioether (sulfide) groups is 1. The van der Waals surface area contributed by atoms with Crippen LogP contribution in [0.3, 0.4) is 0 Å². The Balaban J connectivity index is 2.08. The van der Waals surface area contributed by atoms with Gasteiger partial charge in [0.1, 0.15) is 10.9 Å². The highest BCUT2D eigenvalue weighted by Crippen LogP contribution is 2.32. The Morgan fingerprint density at radius 3 is 2.50 bits per heavy atom. The molecule has 1 N–H and O–H groups in total. The maximum Gasteiger partial charge on any atom is 0.266 e. The summed E-state index contributed by atoms with van der Waals surface area (Å²) in [5, 5.41) is 12.9. The Morgan fingerprint density at radius 2 is 1.96 bits per heavy atom. The summed E-state index contributed by atoms with van der Waals surface area (Å²) in [4.78, 5) is 38.6. The molecule has 1 atom stereocenters. The number of benzene rings is 1. The maximum absolute atomic E-state index is 12.5. The predicted octanol–water partition coefficient (Wildman–Crippen LogP) is 0.208. The summed E-state index contributed by atoms with van der Waals surface area (Å²) in [5.74, 6) is -2.40. The van der Waals surface area contributed by atoms with Gasteiger partial charge >= 0.3 is 0 Å². The van der Waals surface area contributed by atoms with E-state index >= 15 is 0 Å². The lowest BCUT2D eigenvalue weighted by Crippen LogP contribution is -2.49. The average molecular weight is 392 g/mol. The van der Waals surface area contributed by atoms with Gasteiger partial charge in [0.2, 0.25) is 5.91 Å². The number of hydrogen-bond acceptors (Lipinski definition) is 7. The molecule has 138 valence electrons. The van der Waals surface area contributed by atoms with Gasteiger partial charge in [0.15, 0.2) is 0 Å². The van der Waals surface area contributed by atoms with Crippen molar-refractivity contribution in [2.24, 2.45) is 0 Å². The van der Waals surface area contributed by atoms with Crippen LogP contribution in [0, 0.1) is 0 Å². The summed E-state index contributed by atoms with van der Waals surface area (Å²) in [7, 11) is 3.87. The van der Waals surface area contributed by atoms with E-state index in [2.05, 4.69) is 5.32 Å². The first kappa shape index (κ1) is 19.9. The highest BCUT2D eigenvalue weighted by atomic mass is 32.2. The molecule has 0 saturated carbocycles. The monoisotopic (exact) mass is 392 g/mol. The fraction of sp³-hybridized carbons (Fsp3) is 0.294. The van der Waals surface area contributed by atoms with E-state index in [-0.39, 0.29) is 16.8 Å². The van der Waals surface area contributed by atoms with Crippen LogP contribution in [-0.4, -0.2) is 53.7 Å². The van der Waals surface area contributed by atoms with Crippen LogP contribution < -0.4 is 15.3 Å². The Bertz CT molecular complexity index is 775. The van der Waals surface area contributed by atoms with E-state index in [1.54, 1.807) is 6.08 Å². The van der Waals surface area contributed by atoms with Gasteiger partial charge in [-0.05, 0) is 30.7 Å². The molecule has 1 aliphatic rings. The lowest BCUT2D eigenvalue weighted by atomic mass is 10.2. The fourth-order valence-electron chi connectivity index (χ4n) is 2.15. The summed E-state index contributed by atoms with van der Waals surface area (Å²) in [6, 6.07) is 6.49. The van der Waals surface area contributed by atoms with Gasteiger partial charge in [-0.3, -0.25) is 14.5 Å². The zero-order valence-electron chi connectivity index (χ0n) is 14.5. The van der Waals surface area contributed by atoms with Gasteiger partial charge in [0.05, 0.1) is 16.9 Å². The van der Waals surface area contributed by atoms with E-state index in [1.165, 1.54) is 6.92 Å². The highest BCUT2D eigenvalue weighted by molar-refractivity contribution is 8.26. The summed E-state index contributed by atoms with van der Waals surface area (Å²) in [5.41, 5.74) is 1.87. The van der Waals surface area contributed by atoms with Crippen molar-refractivity contribution in [3.63, 3.8) is 0 Å². The number of rotatable bonds is 6. The molecule has 0 bridgehead atoms. The minimum atomic E-state index is -1.40. The van der Waals surface area contributed by atoms with Gasteiger partial charge < -0.3 is 20.1 Å². The summed E-state index contributed by atoms with van der Waals surface area (Å²) < 4.78 is 0.252. The average Bonchev–Trinajstić information content (AvgIpc) is 2.82. The van der Waals surface area contributed by atoms with Gasteiger partial charge in [-0.15, -0.1) is 0 Å². The molecular weight excluding hydrogens is 374 g/mol. The van der Waals surface area contributed by atoms with Crippen molar-refractivity contribution in [2.75, 3.05) is 25.5 Å². The number of carbonyl (C=O) groups is 3. The highest BCUT2D eigenvalue weighted by Gasteiger charge is 2.33. The first-order chi connectivity index (χ1) is 12.2. The van der Waals surface area contributed by atoms with Crippen LogP contribution in [0.5, 0.6) is 0 Å². The fourth-order valence-corrected chi connectivity index (χ4v) is 3.40. The summed E-state index contributed by atoms with van der Waals surface area (Å²) in [6.07, 6.45) is 1.71. The molecular formula is C17H18N3O4S2-. The number of carboxylic acids is 1. The SMILES string of the molecule is C[C@H](NC(=O)CN1C(=O)/C(=C\c2ccc(N(C)C)cc2)SC1=S)C(=O)[O-]. The molecule has 2 rings (SSSR count). The standard InChI is InChI=1S/C17H19N3O4S2/c1-10(16(23)24)18-14(21)9-20-15(22)13(26-17(20)25)8-11-4-6-12(7-5-11)19(2)3/h4-8,10H,9H2,1-3H3,(H,18,21)(H,23,24)/p-1/b13-8+/t10-/m0/s1. The van der Waals surface area contributed by atoms with Gasteiger partial charge in [-0.2, -0.15) is 0 Å². The third kappa shape index (κ3) is 4.83. The van der Waals surface area contributed by atoms with Crippen LogP contribution in [0.25, 0.3) is 6.08 Å². The van der Waals surface area contributed by atoms with Gasteiger partial charge in [-0.1, -0.05) is 36.1 Å². The number of amides is 2. The lowest BCUT2D eigenvalue weighted by Gasteiger charge is -2.18. The number of nitrogens with one attached hydrogen (secondary N) is 1. The van der Waals surface area contributed by atoms with E-state index in [0.717, 1.165) is 27.9 Å². The molecule has 26 heavy (non-hydrogen) atoms. The first-order valence-corrected chi connectivity index (χ1v) is 8.94. The largest absolute Gasteiger partial charge is 0.548 e. The van der Waals surface area contributed by atoms with Crippen molar-refractivity contribution in [3.8, 4) is 0 Å². The molecule has 1 aromatic rings. The summed E-state index contributed by atoms with van der Waals surface area (Å²) in [6.45, 7) is 0.952. The normalized spacial score (nSPS) is 16.7. The molecule has 0 radical (unpaired) electrons. The van der Waals surface area contributed by atoms with E-state index in [1.807, 2.05) is 43.3 Å². The molecule has 1 saturated heterocycles. The van der Waals surface area contributed by atoms with Crippen molar-refractivity contribution in [2.45, 2.75) is 13.0 Å². The zero-order valence-corrected chi connectivity index (χ0v) is 16.1. The molecule has 0 aromatic heterocycles. The summed E-state index contributed by atoms with van der Waals surface area (Å²) >= 11 is 6.27. The Morgan fingerprint density at radius 1 is 1.35 bits per heavy atom.